The number of fused-ring (bicyclic) bond motifs is 1. The maximum atomic E-state index is 13.0. The zero-order valence-electron chi connectivity index (χ0n) is 18.7. The van der Waals surface area contributed by atoms with Crippen LogP contribution in [0.15, 0.2) is 87.2 Å². The Balaban J connectivity index is 1.67. The molecule has 35 heavy (non-hydrogen) atoms. The molecule has 0 N–H and O–H groups in total. The van der Waals surface area contributed by atoms with Gasteiger partial charge in [-0.3, -0.25) is 13.9 Å². The van der Waals surface area contributed by atoms with Crippen molar-refractivity contribution in [2.45, 2.75) is 11.4 Å². The molecule has 4 aromatic rings. The Kier molecular flexibility index (Phi) is 7.20. The first-order valence-electron chi connectivity index (χ1n) is 10.3. The Morgan fingerprint density at radius 1 is 1.06 bits per heavy atom. The minimum atomic E-state index is -3.80. The standard InChI is InChI=1S/C24H20BrN3O5S2/c1-27(18-6-4-3-5-7-18)35(31,32)19-11-8-16(9-12-19)23(30)26-24-28(15-22(29)33-2)20-13-10-17(25)14-21(20)34-24/h3-14H,15H2,1-2H3. The second kappa shape index (κ2) is 10.1. The van der Waals surface area contributed by atoms with E-state index in [0.717, 1.165) is 14.7 Å². The van der Waals surface area contributed by atoms with Crippen LogP contribution in [0, 0.1) is 0 Å². The predicted octanol–water partition coefficient (Wildman–Crippen LogP) is 4.20. The second-order valence-electron chi connectivity index (χ2n) is 7.41. The molecule has 0 aliphatic rings. The van der Waals surface area contributed by atoms with Crippen molar-refractivity contribution in [1.29, 1.82) is 0 Å². The van der Waals surface area contributed by atoms with Crippen molar-refractivity contribution in [3.63, 3.8) is 0 Å². The number of hydrogen-bond acceptors (Lipinski definition) is 6. The minimum absolute atomic E-state index is 0.0490. The summed E-state index contributed by atoms with van der Waals surface area (Å²) in [6.07, 6.45) is 0. The SMILES string of the molecule is COC(=O)Cn1c(=NC(=O)c2ccc(S(=O)(=O)N(C)c3ccccc3)cc2)sc2cc(Br)ccc21. The van der Waals surface area contributed by atoms with Crippen molar-refractivity contribution in [1.82, 2.24) is 4.57 Å². The number of rotatable bonds is 6. The van der Waals surface area contributed by atoms with E-state index >= 15 is 0 Å². The summed E-state index contributed by atoms with van der Waals surface area (Å²) >= 11 is 4.68. The van der Waals surface area contributed by atoms with E-state index < -0.39 is 21.9 Å². The lowest BCUT2D eigenvalue weighted by atomic mass is 10.2. The van der Waals surface area contributed by atoms with Gasteiger partial charge in [-0.15, -0.1) is 0 Å². The van der Waals surface area contributed by atoms with Crippen LogP contribution in [-0.4, -0.2) is 39.0 Å². The quantitative estimate of drug-likeness (QED) is 0.322. The number of hydrogen-bond donors (Lipinski definition) is 0. The van der Waals surface area contributed by atoms with E-state index in [2.05, 4.69) is 20.9 Å². The summed E-state index contributed by atoms with van der Waals surface area (Å²) < 4.78 is 35.2. The Morgan fingerprint density at radius 3 is 2.40 bits per heavy atom. The average molecular weight is 574 g/mol. The van der Waals surface area contributed by atoms with Gasteiger partial charge in [-0.1, -0.05) is 45.5 Å². The lowest BCUT2D eigenvalue weighted by molar-refractivity contribution is -0.141. The Hall–Kier alpha value is -3.28. The first-order valence-corrected chi connectivity index (χ1v) is 13.3. The molecule has 180 valence electrons. The third kappa shape index (κ3) is 5.21. The van der Waals surface area contributed by atoms with Gasteiger partial charge in [0.2, 0.25) is 0 Å². The molecule has 1 heterocycles. The van der Waals surface area contributed by atoms with Gasteiger partial charge in [0, 0.05) is 17.1 Å². The molecule has 0 saturated carbocycles. The molecule has 0 aliphatic heterocycles. The number of benzene rings is 3. The zero-order chi connectivity index (χ0) is 25.2. The third-order valence-electron chi connectivity index (χ3n) is 5.24. The van der Waals surface area contributed by atoms with Crippen molar-refractivity contribution in [3.8, 4) is 0 Å². The molecule has 0 unspecified atom stereocenters. The lowest BCUT2D eigenvalue weighted by Gasteiger charge is -2.19. The normalized spacial score (nSPS) is 12.0. The number of nitrogens with zero attached hydrogens (tertiary/aromatic N) is 3. The molecule has 0 bridgehead atoms. The number of para-hydroxylation sites is 1. The van der Waals surface area contributed by atoms with E-state index in [1.54, 1.807) is 34.9 Å². The summed E-state index contributed by atoms with van der Waals surface area (Å²) in [5.41, 5.74) is 1.48. The molecule has 0 fully saturated rings. The van der Waals surface area contributed by atoms with Crippen molar-refractivity contribution in [2.24, 2.45) is 4.99 Å². The monoisotopic (exact) mass is 573 g/mol. The van der Waals surface area contributed by atoms with Crippen LogP contribution in [0.2, 0.25) is 0 Å². The molecule has 1 aromatic heterocycles. The predicted molar refractivity (Wildman–Crippen MR) is 138 cm³/mol. The van der Waals surface area contributed by atoms with Crippen molar-refractivity contribution >= 4 is 65.1 Å². The van der Waals surface area contributed by atoms with E-state index in [0.29, 0.717) is 10.5 Å². The highest BCUT2D eigenvalue weighted by molar-refractivity contribution is 9.10. The molecule has 1 amide bonds. The second-order valence-corrected chi connectivity index (χ2v) is 11.3. The van der Waals surface area contributed by atoms with Crippen LogP contribution in [0.4, 0.5) is 5.69 Å². The van der Waals surface area contributed by atoms with Gasteiger partial charge in [-0.2, -0.15) is 4.99 Å². The van der Waals surface area contributed by atoms with Gasteiger partial charge in [0.25, 0.3) is 15.9 Å². The van der Waals surface area contributed by atoms with Crippen LogP contribution in [0.5, 0.6) is 0 Å². The number of carbonyl (C=O) groups is 2. The number of sulfonamides is 1. The number of aromatic nitrogens is 1. The van der Waals surface area contributed by atoms with Crippen LogP contribution in [-0.2, 0) is 26.1 Å². The highest BCUT2D eigenvalue weighted by Crippen LogP contribution is 2.24. The molecule has 0 radical (unpaired) electrons. The van der Waals surface area contributed by atoms with Crippen molar-refractivity contribution < 1.29 is 22.7 Å². The molecule has 8 nitrogen and oxygen atoms in total. The van der Waals surface area contributed by atoms with Crippen LogP contribution in [0.25, 0.3) is 10.2 Å². The third-order valence-corrected chi connectivity index (χ3v) is 8.57. The molecule has 4 rings (SSSR count). The number of methoxy groups -OCH3 is 1. The number of halogens is 1. The first kappa shape index (κ1) is 24.8. The summed E-state index contributed by atoms with van der Waals surface area (Å²) in [7, 11) is -1.04. The van der Waals surface area contributed by atoms with Crippen LogP contribution >= 0.6 is 27.3 Å². The number of esters is 1. The van der Waals surface area contributed by atoms with Gasteiger partial charge in [0.15, 0.2) is 4.80 Å². The smallest absolute Gasteiger partial charge is 0.325 e. The fraction of sp³-hybridized carbons (Fsp3) is 0.125. The van der Waals surface area contributed by atoms with E-state index in [1.807, 2.05) is 18.2 Å². The number of ether oxygens (including phenoxy) is 1. The fourth-order valence-electron chi connectivity index (χ4n) is 3.33. The van der Waals surface area contributed by atoms with Gasteiger partial charge in [0.1, 0.15) is 6.54 Å². The summed E-state index contributed by atoms with van der Waals surface area (Å²) in [6.45, 7) is -0.104. The molecule has 11 heteroatoms. The molecule has 0 atom stereocenters. The van der Waals surface area contributed by atoms with Crippen LogP contribution in [0.3, 0.4) is 0 Å². The maximum absolute atomic E-state index is 13.0. The maximum Gasteiger partial charge on any atom is 0.325 e. The summed E-state index contributed by atoms with van der Waals surface area (Å²) in [6, 6.07) is 19.8. The van der Waals surface area contributed by atoms with Gasteiger partial charge in [0.05, 0.1) is 27.9 Å². The summed E-state index contributed by atoms with van der Waals surface area (Å²) in [5.74, 6) is -1.03. The fourth-order valence-corrected chi connectivity index (χ4v) is 6.11. The van der Waals surface area contributed by atoms with Crippen molar-refractivity contribution in [2.75, 3.05) is 18.5 Å². The van der Waals surface area contributed by atoms with Gasteiger partial charge in [-0.25, -0.2) is 8.42 Å². The molecule has 0 aliphatic carbocycles. The largest absolute Gasteiger partial charge is 0.468 e. The van der Waals surface area contributed by atoms with E-state index in [1.165, 1.54) is 54.1 Å². The molecular formula is C24H20BrN3O5S2. The van der Waals surface area contributed by atoms with Gasteiger partial charge in [-0.05, 0) is 54.6 Å². The number of carbonyl (C=O) groups excluding carboxylic acids is 2. The summed E-state index contributed by atoms with van der Waals surface area (Å²) in [4.78, 5) is 29.5. The molecular weight excluding hydrogens is 554 g/mol. The Labute approximate surface area is 214 Å². The zero-order valence-corrected chi connectivity index (χ0v) is 21.9. The van der Waals surface area contributed by atoms with Gasteiger partial charge >= 0.3 is 5.97 Å². The van der Waals surface area contributed by atoms with E-state index in [4.69, 9.17) is 4.74 Å². The summed E-state index contributed by atoms with van der Waals surface area (Å²) in [5, 5.41) is 0. The van der Waals surface area contributed by atoms with Crippen molar-refractivity contribution in [3.05, 3.63) is 87.6 Å². The lowest BCUT2D eigenvalue weighted by Crippen LogP contribution is -2.26. The van der Waals surface area contributed by atoms with E-state index in [9.17, 15) is 18.0 Å². The number of thiazole rings is 1. The highest BCUT2D eigenvalue weighted by Gasteiger charge is 2.21. The van der Waals surface area contributed by atoms with Crippen LogP contribution < -0.4 is 9.11 Å². The highest BCUT2D eigenvalue weighted by atomic mass is 79.9. The number of amides is 1. The number of anilines is 1. The van der Waals surface area contributed by atoms with E-state index in [-0.39, 0.29) is 17.0 Å². The Morgan fingerprint density at radius 2 is 1.74 bits per heavy atom. The minimum Gasteiger partial charge on any atom is -0.468 e. The van der Waals surface area contributed by atoms with Gasteiger partial charge < -0.3 is 9.30 Å². The average Bonchev–Trinajstić information content (AvgIpc) is 3.19. The molecule has 0 spiro atoms. The topological polar surface area (TPSA) is 98.0 Å². The molecule has 3 aromatic carbocycles. The molecule has 0 saturated heterocycles. The Bertz CT molecular complexity index is 1580. The van der Waals surface area contributed by atoms with Crippen LogP contribution in [0.1, 0.15) is 10.4 Å². The first-order chi connectivity index (χ1) is 16.7.